The van der Waals surface area contributed by atoms with Gasteiger partial charge in [-0.25, -0.2) is 10.3 Å². The molecule has 0 aliphatic heterocycles. The van der Waals surface area contributed by atoms with Gasteiger partial charge < -0.3 is 30.6 Å². The number of nitrogens with one attached hydrogen (secondary N) is 4. The van der Waals surface area contributed by atoms with E-state index in [0.717, 1.165) is 0 Å². The van der Waals surface area contributed by atoms with Crippen molar-refractivity contribution in [2.45, 2.75) is 64.1 Å². The summed E-state index contributed by atoms with van der Waals surface area (Å²) in [6, 6.07) is 17.9. The lowest BCUT2D eigenvalue weighted by Crippen LogP contribution is -2.45. The molecular formula is C33H39N5O7. The van der Waals surface area contributed by atoms with Gasteiger partial charge in [-0.2, -0.15) is 0 Å². The van der Waals surface area contributed by atoms with Crippen molar-refractivity contribution >= 4 is 23.7 Å². The maximum Gasteiger partial charge on any atom is 0.407 e. The average molecular weight is 618 g/mol. The Hall–Kier alpha value is -5.10. The van der Waals surface area contributed by atoms with Crippen molar-refractivity contribution in [3.8, 4) is 23.0 Å². The van der Waals surface area contributed by atoms with E-state index in [1.165, 1.54) is 7.11 Å². The Labute approximate surface area is 262 Å². The normalized spacial score (nSPS) is 16.2. The lowest BCUT2D eigenvalue weighted by Gasteiger charge is -2.30. The molecule has 0 unspecified atom stereocenters. The molecule has 12 nitrogen and oxygen atoms in total. The number of nitrogens with two attached hydrogens (primary N) is 1. The van der Waals surface area contributed by atoms with Crippen LogP contribution in [0.4, 0.5) is 4.79 Å². The van der Waals surface area contributed by atoms with E-state index in [-0.39, 0.29) is 23.8 Å². The molecule has 3 aromatic carbocycles. The summed E-state index contributed by atoms with van der Waals surface area (Å²) in [5, 5.41) is 13.6. The molecule has 6 N–H and O–H groups in total. The highest BCUT2D eigenvalue weighted by Crippen LogP contribution is 2.31. The van der Waals surface area contributed by atoms with Crippen molar-refractivity contribution in [1.82, 2.24) is 16.1 Å². The lowest BCUT2D eigenvalue weighted by molar-refractivity contribution is 0.0487. The fraction of sp³-hybridized carbons (Fsp3) is 0.333. The zero-order chi connectivity index (χ0) is 32.6. The van der Waals surface area contributed by atoms with E-state index in [1.54, 1.807) is 66.7 Å². The van der Waals surface area contributed by atoms with Gasteiger partial charge in [-0.15, -0.1) is 0 Å². The predicted molar refractivity (Wildman–Crippen MR) is 168 cm³/mol. The molecule has 3 amide bonds. The molecule has 1 saturated carbocycles. The van der Waals surface area contributed by atoms with Crippen LogP contribution in [0, 0.1) is 5.41 Å². The van der Waals surface area contributed by atoms with E-state index in [9.17, 15) is 14.4 Å². The van der Waals surface area contributed by atoms with Crippen molar-refractivity contribution < 1.29 is 33.4 Å². The molecule has 0 saturated heterocycles. The number of ether oxygens (including phenoxy) is 3. The van der Waals surface area contributed by atoms with Crippen molar-refractivity contribution in [3.63, 3.8) is 0 Å². The SMILES string of the molecule is CONC(=O)c1ccc(Oc2cc(Oc3ccc(C(=N)N)cc3)cc(C(=O)NC3CCC(NC(=O)OC(C)(C)C)CC3)c2)cc1. The van der Waals surface area contributed by atoms with Gasteiger partial charge in [0.2, 0.25) is 0 Å². The first-order valence-electron chi connectivity index (χ1n) is 14.6. The Morgan fingerprint density at radius 3 is 1.67 bits per heavy atom. The van der Waals surface area contributed by atoms with Crippen LogP contribution in [-0.2, 0) is 9.57 Å². The van der Waals surface area contributed by atoms with Gasteiger partial charge in [0.25, 0.3) is 11.8 Å². The first kappa shape index (κ1) is 32.8. The van der Waals surface area contributed by atoms with Crippen LogP contribution < -0.4 is 31.3 Å². The number of amides is 3. The average Bonchev–Trinajstić information content (AvgIpc) is 2.98. The number of carbonyl (C=O) groups is 3. The Morgan fingerprint density at radius 1 is 0.711 bits per heavy atom. The van der Waals surface area contributed by atoms with Gasteiger partial charge in [-0.1, -0.05) is 0 Å². The lowest BCUT2D eigenvalue weighted by atomic mass is 9.91. The fourth-order valence-corrected chi connectivity index (χ4v) is 4.75. The molecule has 0 aromatic heterocycles. The molecule has 1 aliphatic carbocycles. The van der Waals surface area contributed by atoms with Gasteiger partial charge >= 0.3 is 6.09 Å². The van der Waals surface area contributed by atoms with E-state index >= 15 is 0 Å². The largest absolute Gasteiger partial charge is 0.457 e. The topological polar surface area (TPSA) is 174 Å². The molecule has 45 heavy (non-hydrogen) atoms. The summed E-state index contributed by atoms with van der Waals surface area (Å²) < 4.78 is 17.5. The fourth-order valence-electron chi connectivity index (χ4n) is 4.75. The van der Waals surface area contributed by atoms with Crippen molar-refractivity contribution in [2.24, 2.45) is 5.73 Å². The van der Waals surface area contributed by atoms with Crippen LogP contribution in [-0.4, -0.2) is 48.5 Å². The highest BCUT2D eigenvalue weighted by Gasteiger charge is 2.26. The zero-order valence-corrected chi connectivity index (χ0v) is 25.8. The first-order valence-corrected chi connectivity index (χ1v) is 14.6. The minimum Gasteiger partial charge on any atom is -0.457 e. The standard InChI is InChI=1S/C33H39N5O7/c1-33(2,3)45-32(41)37-24-11-9-23(10-12-24)36-30(39)22-17-27(43-25-13-5-20(6-14-25)29(34)35)19-28(18-22)44-26-15-7-21(8-16-26)31(40)38-42-4/h5-8,13-19,23-24H,9-12H2,1-4H3,(H3,34,35)(H,36,39)(H,37,41)(H,38,40). The molecule has 0 spiro atoms. The number of alkyl carbamates (subject to hydrolysis) is 1. The Morgan fingerprint density at radius 2 is 1.20 bits per heavy atom. The number of hydrogen-bond acceptors (Lipinski definition) is 8. The van der Waals surface area contributed by atoms with Crippen molar-refractivity contribution in [3.05, 3.63) is 83.4 Å². The summed E-state index contributed by atoms with van der Waals surface area (Å²) in [4.78, 5) is 42.3. The Bertz CT molecular complexity index is 1510. The number of nitrogen functional groups attached to an aromatic ring is 1. The number of hydroxylamine groups is 1. The van der Waals surface area contributed by atoms with Crippen LogP contribution >= 0.6 is 0 Å². The monoisotopic (exact) mass is 617 g/mol. The van der Waals surface area contributed by atoms with Crippen LogP contribution in [0.15, 0.2) is 66.7 Å². The van der Waals surface area contributed by atoms with Gasteiger partial charge in [0.05, 0.1) is 7.11 Å². The van der Waals surface area contributed by atoms with Crippen LogP contribution in [0.2, 0.25) is 0 Å². The molecule has 0 atom stereocenters. The second kappa shape index (κ2) is 14.6. The van der Waals surface area contributed by atoms with E-state index in [4.69, 9.17) is 25.4 Å². The van der Waals surface area contributed by atoms with Crippen molar-refractivity contribution in [1.29, 1.82) is 5.41 Å². The van der Waals surface area contributed by atoms with Crippen LogP contribution in [0.3, 0.4) is 0 Å². The minimum atomic E-state index is -0.571. The summed E-state index contributed by atoms with van der Waals surface area (Å²) in [5.74, 6) is 0.862. The number of amidine groups is 1. The summed E-state index contributed by atoms with van der Waals surface area (Å²) in [7, 11) is 1.35. The number of benzene rings is 3. The van der Waals surface area contributed by atoms with Gasteiger partial charge in [-0.05, 0) is 107 Å². The first-order chi connectivity index (χ1) is 21.4. The van der Waals surface area contributed by atoms with Crippen LogP contribution in [0.1, 0.15) is 72.7 Å². The molecule has 12 heteroatoms. The Balaban J connectivity index is 1.47. The molecule has 1 aliphatic rings. The molecule has 0 heterocycles. The van der Waals surface area contributed by atoms with Crippen LogP contribution in [0.5, 0.6) is 23.0 Å². The summed E-state index contributed by atoms with van der Waals surface area (Å²) >= 11 is 0. The number of hydrogen-bond donors (Lipinski definition) is 5. The van der Waals surface area contributed by atoms with Crippen LogP contribution in [0.25, 0.3) is 0 Å². The Kier molecular flexibility index (Phi) is 10.6. The second-order valence-electron chi connectivity index (χ2n) is 11.7. The maximum absolute atomic E-state index is 13.4. The molecule has 4 rings (SSSR count). The minimum absolute atomic E-state index is 0.0221. The molecule has 0 bridgehead atoms. The van der Waals surface area contributed by atoms with Crippen molar-refractivity contribution in [2.75, 3.05) is 7.11 Å². The van der Waals surface area contributed by atoms with Gasteiger partial charge in [0, 0.05) is 34.8 Å². The molecule has 0 radical (unpaired) electrons. The number of carbonyl (C=O) groups excluding carboxylic acids is 3. The van der Waals surface area contributed by atoms with Gasteiger partial charge in [-0.3, -0.25) is 19.8 Å². The molecule has 1 fully saturated rings. The van der Waals surface area contributed by atoms with E-state index in [2.05, 4.69) is 21.0 Å². The smallest absolute Gasteiger partial charge is 0.407 e. The highest BCUT2D eigenvalue weighted by atomic mass is 16.6. The third-order valence-corrected chi connectivity index (χ3v) is 6.87. The third-order valence-electron chi connectivity index (χ3n) is 6.87. The maximum atomic E-state index is 13.4. The summed E-state index contributed by atoms with van der Waals surface area (Å²) in [6.07, 6.45) is 2.35. The molecule has 238 valence electrons. The molecular weight excluding hydrogens is 578 g/mol. The second-order valence-corrected chi connectivity index (χ2v) is 11.7. The molecule has 3 aromatic rings. The van der Waals surface area contributed by atoms with E-state index < -0.39 is 17.6 Å². The van der Waals surface area contributed by atoms with Gasteiger partial charge in [0.15, 0.2) is 0 Å². The number of rotatable bonds is 10. The predicted octanol–water partition coefficient (Wildman–Crippen LogP) is 5.41. The van der Waals surface area contributed by atoms with Gasteiger partial charge in [0.1, 0.15) is 34.4 Å². The third kappa shape index (κ3) is 9.97. The van der Waals surface area contributed by atoms with E-state index in [1.807, 2.05) is 20.8 Å². The van der Waals surface area contributed by atoms with E-state index in [0.29, 0.717) is 65.4 Å². The summed E-state index contributed by atoms with van der Waals surface area (Å²) in [5.41, 5.74) is 8.51. The highest BCUT2D eigenvalue weighted by molar-refractivity contribution is 5.96. The summed E-state index contributed by atoms with van der Waals surface area (Å²) in [6.45, 7) is 5.46. The quantitative estimate of drug-likeness (QED) is 0.114. The zero-order valence-electron chi connectivity index (χ0n) is 25.8.